The van der Waals surface area contributed by atoms with Gasteiger partial charge in [0, 0.05) is 24.5 Å². The van der Waals surface area contributed by atoms with Crippen LogP contribution >= 0.6 is 0 Å². The van der Waals surface area contributed by atoms with E-state index in [1.807, 2.05) is 6.92 Å². The van der Waals surface area contributed by atoms with Gasteiger partial charge in [-0.15, -0.1) is 0 Å². The van der Waals surface area contributed by atoms with Gasteiger partial charge < -0.3 is 19.3 Å². The second kappa shape index (κ2) is 8.22. The summed E-state index contributed by atoms with van der Waals surface area (Å²) in [6, 6.07) is 6.54. The first kappa shape index (κ1) is 25.0. The van der Waals surface area contributed by atoms with E-state index < -0.39 is 52.5 Å². The molecule has 1 aromatic carbocycles. The summed E-state index contributed by atoms with van der Waals surface area (Å²) < 4.78 is 59.9. The summed E-state index contributed by atoms with van der Waals surface area (Å²) in [5.74, 6) is -3.26. The molecule has 0 radical (unpaired) electrons. The largest absolute Gasteiger partial charge is 0.454 e. The van der Waals surface area contributed by atoms with Crippen LogP contribution in [0.4, 0.5) is 13.2 Å². The molecule has 3 fully saturated rings. The van der Waals surface area contributed by atoms with Gasteiger partial charge >= 0.3 is 18.1 Å². The fourth-order valence-electron chi connectivity index (χ4n) is 6.63. The molecule has 1 heterocycles. The highest BCUT2D eigenvalue weighted by Crippen LogP contribution is 2.60. The number of benzene rings is 1. The Morgan fingerprint density at radius 2 is 1.76 bits per heavy atom. The Labute approximate surface area is 196 Å². The Bertz CT molecular complexity index is 948. The van der Waals surface area contributed by atoms with Gasteiger partial charge in [0.05, 0.1) is 5.92 Å². The molecule has 6 nitrogen and oxygen atoms in total. The van der Waals surface area contributed by atoms with Gasteiger partial charge in [0.2, 0.25) is 0 Å². The zero-order chi connectivity index (χ0) is 25.1. The zero-order valence-electron chi connectivity index (χ0n) is 19.7. The van der Waals surface area contributed by atoms with Crippen LogP contribution in [-0.4, -0.2) is 47.6 Å². The van der Waals surface area contributed by atoms with Gasteiger partial charge in [0.1, 0.15) is 5.60 Å². The van der Waals surface area contributed by atoms with E-state index in [0.717, 1.165) is 25.7 Å². The van der Waals surface area contributed by atoms with Crippen molar-refractivity contribution in [3.05, 3.63) is 35.9 Å². The lowest BCUT2D eigenvalue weighted by atomic mass is 9.53. The van der Waals surface area contributed by atoms with E-state index in [-0.39, 0.29) is 24.2 Å². The van der Waals surface area contributed by atoms with Crippen molar-refractivity contribution in [3.63, 3.8) is 0 Å². The third-order valence-corrected chi connectivity index (χ3v) is 8.37. The van der Waals surface area contributed by atoms with Crippen LogP contribution in [0.1, 0.15) is 52.0 Å². The average molecular weight is 485 g/mol. The molecule has 2 saturated carbocycles. The molecular weight excluding hydrogens is 453 g/mol. The Morgan fingerprint density at radius 3 is 2.35 bits per heavy atom. The molecule has 0 bridgehead atoms. The maximum Gasteiger partial charge on any atom is 0.432 e. The molecule has 1 aliphatic heterocycles. The first-order chi connectivity index (χ1) is 15.8. The number of ether oxygens (including phenoxy) is 3. The highest BCUT2D eigenvalue weighted by molar-refractivity contribution is 5.83. The van der Waals surface area contributed by atoms with E-state index in [1.54, 1.807) is 6.92 Å². The minimum absolute atomic E-state index is 0.0792. The number of rotatable bonds is 4. The molecule has 1 saturated heterocycles. The number of methoxy groups -OCH3 is 1. The number of carbonyl (C=O) groups is 2. The molecule has 4 rings (SSSR count). The summed E-state index contributed by atoms with van der Waals surface area (Å²) in [5, 5.41) is 11.3. The predicted molar refractivity (Wildman–Crippen MR) is 114 cm³/mol. The van der Waals surface area contributed by atoms with Crippen molar-refractivity contribution in [2.75, 3.05) is 7.11 Å². The van der Waals surface area contributed by atoms with Crippen molar-refractivity contribution in [1.82, 2.24) is 0 Å². The van der Waals surface area contributed by atoms with Gasteiger partial charge in [-0.05, 0) is 38.5 Å². The molecule has 3 aliphatic rings. The minimum atomic E-state index is -5.16. The summed E-state index contributed by atoms with van der Waals surface area (Å²) >= 11 is 0. The summed E-state index contributed by atoms with van der Waals surface area (Å²) in [6.07, 6.45) is -4.54. The number of carbonyl (C=O) groups excluding carboxylic acids is 2. The summed E-state index contributed by atoms with van der Waals surface area (Å²) in [6.45, 7) is 5.14. The number of alkyl halides is 3. The zero-order valence-corrected chi connectivity index (χ0v) is 19.7. The Morgan fingerprint density at radius 1 is 1.12 bits per heavy atom. The first-order valence-corrected chi connectivity index (χ1v) is 11.7. The molecule has 1 N–H and O–H groups in total. The molecule has 9 heteroatoms. The predicted octanol–water partition coefficient (Wildman–Crippen LogP) is 4.14. The number of aliphatic hydroxyl groups is 1. The monoisotopic (exact) mass is 484 g/mol. The van der Waals surface area contributed by atoms with Crippen LogP contribution in [0.2, 0.25) is 0 Å². The van der Waals surface area contributed by atoms with Crippen LogP contribution in [0.5, 0.6) is 0 Å². The number of esters is 2. The molecule has 1 spiro atoms. The van der Waals surface area contributed by atoms with Gasteiger partial charge in [0.15, 0.2) is 11.7 Å². The third-order valence-electron chi connectivity index (χ3n) is 8.37. The van der Waals surface area contributed by atoms with E-state index >= 15 is 0 Å². The van der Waals surface area contributed by atoms with Gasteiger partial charge in [-0.1, -0.05) is 44.2 Å². The molecule has 1 aromatic rings. The first-order valence-electron chi connectivity index (χ1n) is 11.7. The molecule has 0 amide bonds. The quantitative estimate of drug-likeness (QED) is 0.647. The van der Waals surface area contributed by atoms with Crippen molar-refractivity contribution in [2.45, 2.75) is 75.5 Å². The van der Waals surface area contributed by atoms with E-state index in [4.69, 9.17) is 14.2 Å². The normalized spacial score (nSPS) is 39.4. The second-order valence-electron chi connectivity index (χ2n) is 10.3. The van der Waals surface area contributed by atoms with Crippen molar-refractivity contribution in [2.24, 2.45) is 23.7 Å². The number of hydrogen-bond donors (Lipinski definition) is 1. The Kier molecular flexibility index (Phi) is 6.04. The molecule has 34 heavy (non-hydrogen) atoms. The molecule has 188 valence electrons. The molecule has 0 unspecified atom stereocenters. The highest BCUT2D eigenvalue weighted by Gasteiger charge is 2.72. The lowest BCUT2D eigenvalue weighted by molar-refractivity contribution is -0.298. The van der Waals surface area contributed by atoms with E-state index in [2.05, 4.69) is 0 Å². The minimum Gasteiger partial charge on any atom is -0.454 e. The van der Waals surface area contributed by atoms with E-state index in [1.165, 1.54) is 25.1 Å². The summed E-state index contributed by atoms with van der Waals surface area (Å²) in [7, 11) is 0.797. The number of halogens is 3. The third kappa shape index (κ3) is 3.38. The lowest BCUT2D eigenvalue weighted by Crippen LogP contribution is -2.70. The van der Waals surface area contributed by atoms with Crippen LogP contribution in [0, 0.1) is 23.7 Å². The average Bonchev–Trinajstić information content (AvgIpc) is 3.01. The van der Waals surface area contributed by atoms with Gasteiger partial charge in [-0.25, -0.2) is 4.79 Å². The van der Waals surface area contributed by atoms with E-state index in [9.17, 15) is 27.9 Å². The number of hydrogen-bond acceptors (Lipinski definition) is 6. The van der Waals surface area contributed by atoms with Gasteiger partial charge in [0.25, 0.3) is 5.60 Å². The molecule has 2 aliphatic carbocycles. The van der Waals surface area contributed by atoms with Gasteiger partial charge in [-0.2, -0.15) is 13.2 Å². The fourth-order valence-corrected chi connectivity index (χ4v) is 6.63. The topological polar surface area (TPSA) is 82.1 Å². The molecule has 8 atom stereocenters. The molecule has 0 aromatic heterocycles. The van der Waals surface area contributed by atoms with Crippen LogP contribution in [0.25, 0.3) is 0 Å². The van der Waals surface area contributed by atoms with Crippen LogP contribution in [0.3, 0.4) is 0 Å². The summed E-state index contributed by atoms with van der Waals surface area (Å²) in [4.78, 5) is 26.2. The van der Waals surface area contributed by atoms with Crippen molar-refractivity contribution >= 4 is 11.9 Å². The Balaban J connectivity index is 1.83. The van der Waals surface area contributed by atoms with Gasteiger partial charge in [-0.3, -0.25) is 4.79 Å². The highest BCUT2D eigenvalue weighted by atomic mass is 19.4. The van der Waals surface area contributed by atoms with Crippen molar-refractivity contribution < 1.29 is 42.1 Å². The van der Waals surface area contributed by atoms with Crippen LogP contribution in [-0.2, 0) is 29.4 Å². The van der Waals surface area contributed by atoms with E-state index in [0.29, 0.717) is 12.8 Å². The van der Waals surface area contributed by atoms with Crippen molar-refractivity contribution in [1.29, 1.82) is 0 Å². The summed E-state index contributed by atoms with van der Waals surface area (Å²) in [5.41, 5.74) is -6.94. The second-order valence-corrected chi connectivity index (χ2v) is 10.3. The standard InChI is InChI=1S/C25H31F3O6/c1-14-10-11-18-15(2)19(29)34-23(18)17(14)12-13-22(3,31)20(23)33-21(30)24(32-4,25(26,27)28)16-8-6-5-7-9-16/h5-9,14-15,17-18,20,31H,10-13H2,1-4H3/t14-,15-,17+,18+,20-,22-,23+,24+/m1/s1. The van der Waals surface area contributed by atoms with Crippen molar-refractivity contribution in [3.8, 4) is 0 Å². The maximum atomic E-state index is 14.5. The van der Waals surface area contributed by atoms with Crippen LogP contribution < -0.4 is 0 Å². The molecular formula is C25H31F3O6. The Hall–Kier alpha value is -2.13. The SMILES string of the molecule is CO[C@](C(=O)O[C@H]1[C@@]23OC(=O)[C@H](C)[C@@H]2CC[C@@H](C)[C@@H]3CC[C@@]1(C)O)(c1ccccc1)C(F)(F)F. The lowest BCUT2D eigenvalue weighted by Gasteiger charge is -2.57. The van der Waals surface area contributed by atoms with Crippen LogP contribution in [0.15, 0.2) is 30.3 Å². The smallest absolute Gasteiger partial charge is 0.432 e. The maximum absolute atomic E-state index is 14.5. The fraction of sp³-hybridized carbons (Fsp3) is 0.680.